The molecule has 0 amide bonds. The van der Waals surface area contributed by atoms with Gasteiger partial charge in [-0.25, -0.2) is 9.97 Å². The van der Waals surface area contributed by atoms with E-state index in [1.807, 2.05) is 32.0 Å². The number of aromatic amines is 2. The molecule has 0 aliphatic carbocycles. The van der Waals surface area contributed by atoms with Gasteiger partial charge in [0.05, 0.1) is 17.6 Å². The van der Waals surface area contributed by atoms with Gasteiger partial charge < -0.3 is 15.3 Å². The molecule has 3 aromatic rings. The van der Waals surface area contributed by atoms with Gasteiger partial charge >= 0.3 is 0 Å². The van der Waals surface area contributed by atoms with Crippen LogP contribution in [0.3, 0.4) is 0 Å². The highest BCUT2D eigenvalue weighted by molar-refractivity contribution is 7.98. The summed E-state index contributed by atoms with van der Waals surface area (Å²) in [5.74, 6) is 1.33. The van der Waals surface area contributed by atoms with Crippen molar-refractivity contribution in [2.45, 2.75) is 37.6 Å². The lowest BCUT2D eigenvalue weighted by Gasteiger charge is -2.11. The number of H-pyrrole nitrogens is 2. The van der Waals surface area contributed by atoms with Crippen molar-refractivity contribution in [1.82, 2.24) is 19.9 Å². The smallest absolute Gasteiger partial charge is 0.256 e. The Morgan fingerprint density at radius 3 is 2.69 bits per heavy atom. The van der Waals surface area contributed by atoms with Gasteiger partial charge in [0.2, 0.25) is 0 Å². The van der Waals surface area contributed by atoms with Crippen LogP contribution in [0.1, 0.15) is 29.4 Å². The zero-order valence-electron chi connectivity index (χ0n) is 15.0. The molecule has 2 heterocycles. The summed E-state index contributed by atoms with van der Waals surface area (Å²) in [4.78, 5) is 27.5. The first-order valence-electron chi connectivity index (χ1n) is 8.70. The first-order valence-corrected chi connectivity index (χ1v) is 9.68. The van der Waals surface area contributed by atoms with Gasteiger partial charge in [-0.15, -0.1) is 0 Å². The van der Waals surface area contributed by atoms with Crippen LogP contribution in [0.25, 0.3) is 0 Å². The van der Waals surface area contributed by atoms with Gasteiger partial charge in [-0.05, 0) is 32.3 Å². The summed E-state index contributed by atoms with van der Waals surface area (Å²) in [6.07, 6.45) is 3.14. The van der Waals surface area contributed by atoms with E-state index in [2.05, 4.69) is 37.4 Å². The summed E-state index contributed by atoms with van der Waals surface area (Å²) < 4.78 is 0. The van der Waals surface area contributed by atoms with E-state index in [1.54, 1.807) is 6.33 Å². The summed E-state index contributed by atoms with van der Waals surface area (Å²) in [5, 5.41) is 3.84. The SMILES string of the molecule is CCNc1nc(SCc2nc[nH]c2C)[nH]c(=O)c1CCc1ccccc1. The van der Waals surface area contributed by atoms with Crippen LogP contribution < -0.4 is 10.9 Å². The number of imidazole rings is 1. The lowest BCUT2D eigenvalue weighted by molar-refractivity contribution is 0.857. The van der Waals surface area contributed by atoms with E-state index in [4.69, 9.17) is 0 Å². The van der Waals surface area contributed by atoms with Crippen LogP contribution in [0.4, 0.5) is 5.82 Å². The van der Waals surface area contributed by atoms with Crippen LogP contribution in [0.15, 0.2) is 46.6 Å². The Kier molecular flexibility index (Phi) is 6.12. The number of nitrogens with one attached hydrogen (secondary N) is 3. The van der Waals surface area contributed by atoms with Crippen molar-refractivity contribution < 1.29 is 0 Å². The molecular weight excluding hydrogens is 346 g/mol. The zero-order valence-corrected chi connectivity index (χ0v) is 15.8. The predicted molar refractivity (Wildman–Crippen MR) is 106 cm³/mol. The molecular formula is C19H23N5OS. The Hall–Kier alpha value is -2.54. The molecule has 0 saturated heterocycles. The quantitative estimate of drug-likeness (QED) is 0.419. The first kappa shape index (κ1) is 18.3. The van der Waals surface area contributed by atoms with E-state index >= 15 is 0 Å². The highest BCUT2D eigenvalue weighted by atomic mass is 32.2. The van der Waals surface area contributed by atoms with Crippen LogP contribution in [-0.4, -0.2) is 26.5 Å². The van der Waals surface area contributed by atoms with Gasteiger partial charge in [-0.3, -0.25) is 4.79 Å². The first-order chi connectivity index (χ1) is 12.7. The molecule has 0 saturated carbocycles. The summed E-state index contributed by atoms with van der Waals surface area (Å²) in [5.41, 5.74) is 3.84. The zero-order chi connectivity index (χ0) is 18.4. The second-order valence-electron chi connectivity index (χ2n) is 5.98. The molecule has 0 aliphatic rings. The average molecular weight is 369 g/mol. The Balaban J connectivity index is 1.76. The molecule has 6 nitrogen and oxygen atoms in total. The van der Waals surface area contributed by atoms with Gasteiger partial charge in [-0.1, -0.05) is 42.1 Å². The highest BCUT2D eigenvalue weighted by Crippen LogP contribution is 2.21. The van der Waals surface area contributed by atoms with Crippen molar-refractivity contribution in [3.05, 3.63) is 69.5 Å². The molecule has 0 spiro atoms. The fraction of sp³-hybridized carbons (Fsp3) is 0.316. The summed E-state index contributed by atoms with van der Waals surface area (Å²) in [6, 6.07) is 10.2. The maximum atomic E-state index is 12.6. The molecule has 7 heteroatoms. The molecule has 2 aromatic heterocycles. The van der Waals surface area contributed by atoms with Gasteiger partial charge in [0.15, 0.2) is 5.16 Å². The normalized spacial score (nSPS) is 10.8. The largest absolute Gasteiger partial charge is 0.370 e. The minimum atomic E-state index is -0.0758. The molecule has 0 fully saturated rings. The Morgan fingerprint density at radius 2 is 2.00 bits per heavy atom. The fourth-order valence-corrected chi connectivity index (χ4v) is 3.56. The molecule has 0 unspecified atom stereocenters. The molecule has 136 valence electrons. The van der Waals surface area contributed by atoms with E-state index in [0.29, 0.717) is 28.7 Å². The number of benzene rings is 1. The third-order valence-corrected chi connectivity index (χ3v) is 5.01. The third kappa shape index (κ3) is 4.54. The molecule has 0 radical (unpaired) electrons. The van der Waals surface area contributed by atoms with E-state index in [9.17, 15) is 4.79 Å². The number of hydrogen-bond donors (Lipinski definition) is 3. The van der Waals surface area contributed by atoms with Crippen molar-refractivity contribution in [2.75, 3.05) is 11.9 Å². The minimum Gasteiger partial charge on any atom is -0.370 e. The van der Waals surface area contributed by atoms with Crippen LogP contribution in [-0.2, 0) is 18.6 Å². The third-order valence-electron chi connectivity index (χ3n) is 4.12. The average Bonchev–Trinajstić information content (AvgIpc) is 3.05. The Labute approximate surface area is 156 Å². The van der Waals surface area contributed by atoms with E-state index in [-0.39, 0.29) is 5.56 Å². The van der Waals surface area contributed by atoms with Gasteiger partial charge in [0.1, 0.15) is 5.82 Å². The van der Waals surface area contributed by atoms with E-state index in [1.165, 1.54) is 17.3 Å². The maximum absolute atomic E-state index is 12.6. The van der Waals surface area contributed by atoms with E-state index in [0.717, 1.165) is 24.4 Å². The van der Waals surface area contributed by atoms with E-state index < -0.39 is 0 Å². The molecule has 1 aromatic carbocycles. The van der Waals surface area contributed by atoms with Crippen molar-refractivity contribution in [3.63, 3.8) is 0 Å². The van der Waals surface area contributed by atoms with Crippen molar-refractivity contribution in [3.8, 4) is 0 Å². The second kappa shape index (κ2) is 8.71. The minimum absolute atomic E-state index is 0.0758. The predicted octanol–water partition coefficient (Wildman–Crippen LogP) is 3.31. The van der Waals surface area contributed by atoms with Crippen LogP contribution in [0.2, 0.25) is 0 Å². The Bertz CT molecular complexity index is 904. The number of thioether (sulfide) groups is 1. The molecule has 3 N–H and O–H groups in total. The van der Waals surface area contributed by atoms with Crippen LogP contribution >= 0.6 is 11.8 Å². The summed E-state index contributed by atoms with van der Waals surface area (Å²) >= 11 is 1.48. The number of aromatic nitrogens is 4. The molecule has 0 bridgehead atoms. The topological polar surface area (TPSA) is 86.5 Å². The number of hydrogen-bond acceptors (Lipinski definition) is 5. The highest BCUT2D eigenvalue weighted by Gasteiger charge is 2.12. The van der Waals surface area contributed by atoms with Gasteiger partial charge in [0, 0.05) is 18.0 Å². The Morgan fingerprint density at radius 1 is 1.19 bits per heavy atom. The summed E-state index contributed by atoms with van der Waals surface area (Å²) in [6.45, 7) is 4.71. The maximum Gasteiger partial charge on any atom is 0.256 e. The molecule has 3 rings (SSSR count). The number of nitrogens with zero attached hydrogens (tertiary/aromatic N) is 2. The van der Waals surface area contributed by atoms with Crippen molar-refractivity contribution in [1.29, 1.82) is 0 Å². The molecule has 0 atom stereocenters. The second-order valence-corrected chi connectivity index (χ2v) is 6.94. The monoisotopic (exact) mass is 369 g/mol. The van der Waals surface area contributed by atoms with Crippen molar-refractivity contribution in [2.24, 2.45) is 0 Å². The van der Waals surface area contributed by atoms with Crippen LogP contribution in [0.5, 0.6) is 0 Å². The lowest BCUT2D eigenvalue weighted by atomic mass is 10.1. The molecule has 0 aliphatic heterocycles. The fourth-order valence-electron chi connectivity index (χ4n) is 2.67. The van der Waals surface area contributed by atoms with Gasteiger partial charge in [0.25, 0.3) is 5.56 Å². The summed E-state index contributed by atoms with van der Waals surface area (Å²) in [7, 11) is 0. The number of aryl methyl sites for hydroxylation is 2. The standard InChI is InChI=1S/C19H23N5OS/c1-3-20-17-15(10-9-14-7-5-4-6-8-14)18(25)24-19(23-17)26-11-16-13(2)21-12-22-16/h4-8,12H,3,9-11H2,1-2H3,(H,21,22)(H2,20,23,24,25). The van der Waals surface area contributed by atoms with Gasteiger partial charge in [-0.2, -0.15) is 0 Å². The number of rotatable bonds is 8. The molecule has 26 heavy (non-hydrogen) atoms. The number of anilines is 1. The lowest BCUT2D eigenvalue weighted by Crippen LogP contribution is -2.19. The van der Waals surface area contributed by atoms with Crippen LogP contribution in [0, 0.1) is 6.92 Å². The van der Waals surface area contributed by atoms with Crippen molar-refractivity contribution >= 4 is 17.6 Å².